The third kappa shape index (κ3) is 3.49. The smallest absolute Gasteiger partial charge is 0.316 e. The minimum Gasteiger partial charge on any atom is -0.481 e. The van der Waals surface area contributed by atoms with E-state index in [0.29, 0.717) is 6.54 Å². The van der Waals surface area contributed by atoms with E-state index in [1.165, 1.54) is 23.1 Å². The van der Waals surface area contributed by atoms with Gasteiger partial charge in [-0.3, -0.25) is 9.59 Å². The normalized spacial score (nSPS) is 12.2. The van der Waals surface area contributed by atoms with Crippen molar-refractivity contribution in [1.29, 1.82) is 0 Å². The van der Waals surface area contributed by atoms with Gasteiger partial charge < -0.3 is 10.4 Å². The predicted octanol–water partition coefficient (Wildman–Crippen LogP) is 2.23. The first-order valence-corrected chi connectivity index (χ1v) is 7.91. The SMILES string of the molecule is CCNC(=O)C(CSc1nc2ccccc2s1)C(=O)O. The van der Waals surface area contributed by atoms with E-state index in [9.17, 15) is 9.59 Å². The molecule has 1 aromatic carbocycles. The van der Waals surface area contributed by atoms with Gasteiger partial charge in [0, 0.05) is 12.3 Å². The van der Waals surface area contributed by atoms with Crippen molar-refractivity contribution in [3.63, 3.8) is 0 Å². The molecular weight excluding hydrogens is 296 g/mol. The number of amides is 1. The first-order valence-electron chi connectivity index (χ1n) is 6.10. The molecule has 2 aromatic rings. The molecule has 1 amide bonds. The zero-order valence-electron chi connectivity index (χ0n) is 10.8. The van der Waals surface area contributed by atoms with Crippen LogP contribution in [-0.2, 0) is 9.59 Å². The minimum atomic E-state index is -1.11. The van der Waals surface area contributed by atoms with Crippen LogP contribution in [0.2, 0.25) is 0 Å². The zero-order chi connectivity index (χ0) is 14.5. The number of fused-ring (bicyclic) bond motifs is 1. The van der Waals surface area contributed by atoms with E-state index in [-0.39, 0.29) is 5.75 Å². The lowest BCUT2D eigenvalue weighted by atomic mass is 10.2. The van der Waals surface area contributed by atoms with Gasteiger partial charge in [0.25, 0.3) is 0 Å². The highest BCUT2D eigenvalue weighted by atomic mass is 32.2. The van der Waals surface area contributed by atoms with Gasteiger partial charge >= 0.3 is 5.97 Å². The van der Waals surface area contributed by atoms with Crippen molar-refractivity contribution < 1.29 is 14.7 Å². The highest BCUT2D eigenvalue weighted by molar-refractivity contribution is 8.01. The third-order valence-electron chi connectivity index (χ3n) is 2.61. The molecule has 5 nitrogen and oxygen atoms in total. The Morgan fingerprint density at radius 3 is 2.85 bits per heavy atom. The summed E-state index contributed by atoms with van der Waals surface area (Å²) in [6.45, 7) is 2.19. The molecule has 2 rings (SSSR count). The van der Waals surface area contributed by atoms with E-state index < -0.39 is 17.8 Å². The highest BCUT2D eigenvalue weighted by Gasteiger charge is 2.26. The number of nitrogens with zero attached hydrogens (tertiary/aromatic N) is 1. The summed E-state index contributed by atoms with van der Waals surface area (Å²) in [6, 6.07) is 7.72. The molecule has 1 unspecified atom stereocenters. The standard InChI is InChI=1S/C13H14N2O3S2/c1-2-14-11(16)8(12(17)18)7-19-13-15-9-5-3-4-6-10(9)20-13/h3-6,8H,2,7H2,1H3,(H,14,16)(H,17,18). The Balaban J connectivity index is 2.05. The van der Waals surface area contributed by atoms with Crippen molar-refractivity contribution in [3.05, 3.63) is 24.3 Å². The first-order chi connectivity index (χ1) is 9.61. The molecule has 0 saturated carbocycles. The topological polar surface area (TPSA) is 79.3 Å². The molecule has 0 radical (unpaired) electrons. The van der Waals surface area contributed by atoms with Gasteiger partial charge in [0.15, 0.2) is 4.34 Å². The maximum absolute atomic E-state index is 11.7. The van der Waals surface area contributed by atoms with Crippen LogP contribution in [0.4, 0.5) is 0 Å². The van der Waals surface area contributed by atoms with Crippen LogP contribution in [0.3, 0.4) is 0 Å². The average molecular weight is 310 g/mol. The summed E-state index contributed by atoms with van der Waals surface area (Å²) in [6.07, 6.45) is 0. The van der Waals surface area contributed by atoms with E-state index in [4.69, 9.17) is 5.11 Å². The van der Waals surface area contributed by atoms with Crippen molar-refractivity contribution >= 4 is 45.2 Å². The Bertz CT molecular complexity index is 594. The highest BCUT2D eigenvalue weighted by Crippen LogP contribution is 2.30. The van der Waals surface area contributed by atoms with Gasteiger partial charge in [-0.1, -0.05) is 23.9 Å². The molecule has 0 aliphatic heterocycles. The Hall–Kier alpha value is -1.60. The number of para-hydroxylation sites is 1. The zero-order valence-corrected chi connectivity index (χ0v) is 12.5. The van der Waals surface area contributed by atoms with Crippen LogP contribution in [0.25, 0.3) is 10.2 Å². The van der Waals surface area contributed by atoms with Crippen molar-refractivity contribution in [2.45, 2.75) is 11.3 Å². The number of aliphatic carboxylic acids is 1. The summed E-state index contributed by atoms with van der Waals surface area (Å²) in [4.78, 5) is 27.2. The van der Waals surface area contributed by atoms with Crippen LogP contribution >= 0.6 is 23.1 Å². The minimum absolute atomic E-state index is 0.182. The molecular formula is C13H14N2O3S2. The van der Waals surface area contributed by atoms with E-state index in [1.807, 2.05) is 24.3 Å². The van der Waals surface area contributed by atoms with Gasteiger partial charge in [-0.25, -0.2) is 4.98 Å². The number of carbonyl (C=O) groups excluding carboxylic acids is 1. The number of thiazole rings is 1. The maximum Gasteiger partial charge on any atom is 0.316 e. The van der Waals surface area contributed by atoms with Crippen LogP contribution in [-0.4, -0.2) is 34.3 Å². The number of carboxylic acid groups (broad SMARTS) is 1. The van der Waals surface area contributed by atoms with Crippen molar-refractivity contribution in [3.8, 4) is 0 Å². The van der Waals surface area contributed by atoms with E-state index in [0.717, 1.165) is 14.6 Å². The lowest BCUT2D eigenvalue weighted by molar-refractivity contribution is -0.145. The Kier molecular flexibility index (Phi) is 4.97. The quantitative estimate of drug-likeness (QED) is 0.632. The molecule has 0 aliphatic carbocycles. The van der Waals surface area contributed by atoms with E-state index in [2.05, 4.69) is 10.3 Å². The van der Waals surface area contributed by atoms with Crippen LogP contribution in [0, 0.1) is 5.92 Å². The summed E-state index contributed by atoms with van der Waals surface area (Å²) in [7, 11) is 0. The molecule has 0 fully saturated rings. The Labute approximate surface area is 124 Å². The second-order valence-electron chi connectivity index (χ2n) is 4.04. The second kappa shape index (κ2) is 6.71. The largest absolute Gasteiger partial charge is 0.481 e. The van der Waals surface area contributed by atoms with Crippen LogP contribution in [0.15, 0.2) is 28.6 Å². The molecule has 1 aromatic heterocycles. The number of aromatic nitrogens is 1. The summed E-state index contributed by atoms with van der Waals surface area (Å²) in [5.41, 5.74) is 0.893. The van der Waals surface area contributed by atoms with E-state index >= 15 is 0 Å². The number of thioether (sulfide) groups is 1. The lowest BCUT2D eigenvalue weighted by Gasteiger charge is -2.10. The van der Waals surface area contributed by atoms with E-state index in [1.54, 1.807) is 6.92 Å². The predicted molar refractivity (Wildman–Crippen MR) is 80.2 cm³/mol. The van der Waals surface area contributed by atoms with Gasteiger partial charge in [-0.15, -0.1) is 11.3 Å². The fourth-order valence-corrected chi connectivity index (χ4v) is 3.80. The summed E-state index contributed by atoms with van der Waals surface area (Å²) < 4.78 is 1.83. The third-order valence-corrected chi connectivity index (χ3v) is 4.89. The number of carbonyl (C=O) groups is 2. The monoisotopic (exact) mass is 310 g/mol. The maximum atomic E-state index is 11.7. The molecule has 0 aliphatic rings. The van der Waals surface area contributed by atoms with Gasteiger partial charge in [0.05, 0.1) is 10.2 Å². The van der Waals surface area contributed by atoms with Gasteiger partial charge in [-0.05, 0) is 19.1 Å². The molecule has 0 bridgehead atoms. The number of rotatable bonds is 6. The number of hydrogen-bond acceptors (Lipinski definition) is 5. The average Bonchev–Trinajstić information content (AvgIpc) is 2.81. The van der Waals surface area contributed by atoms with Gasteiger partial charge in [-0.2, -0.15) is 0 Å². The molecule has 0 saturated heterocycles. The second-order valence-corrected chi connectivity index (χ2v) is 6.34. The Morgan fingerprint density at radius 2 is 2.20 bits per heavy atom. The fourth-order valence-electron chi connectivity index (χ4n) is 1.62. The molecule has 20 heavy (non-hydrogen) atoms. The Morgan fingerprint density at radius 1 is 1.45 bits per heavy atom. The molecule has 2 N–H and O–H groups in total. The van der Waals surface area contributed by atoms with Gasteiger partial charge in [0.1, 0.15) is 5.92 Å². The summed E-state index contributed by atoms with van der Waals surface area (Å²) >= 11 is 2.81. The molecule has 1 atom stereocenters. The number of carboxylic acids is 1. The van der Waals surface area contributed by atoms with Crippen molar-refractivity contribution in [2.75, 3.05) is 12.3 Å². The van der Waals surface area contributed by atoms with Crippen LogP contribution in [0.1, 0.15) is 6.92 Å². The van der Waals surface area contributed by atoms with Crippen LogP contribution in [0.5, 0.6) is 0 Å². The number of hydrogen-bond donors (Lipinski definition) is 2. The fraction of sp³-hybridized carbons (Fsp3) is 0.308. The van der Waals surface area contributed by atoms with Crippen molar-refractivity contribution in [1.82, 2.24) is 10.3 Å². The summed E-state index contributed by atoms with van der Waals surface area (Å²) in [5, 5.41) is 11.6. The number of benzene rings is 1. The van der Waals surface area contributed by atoms with Gasteiger partial charge in [0.2, 0.25) is 5.91 Å². The first kappa shape index (κ1) is 14.8. The molecule has 0 spiro atoms. The molecule has 7 heteroatoms. The van der Waals surface area contributed by atoms with Crippen molar-refractivity contribution in [2.24, 2.45) is 5.92 Å². The molecule has 106 valence electrons. The molecule has 1 heterocycles. The van der Waals surface area contributed by atoms with Crippen LogP contribution < -0.4 is 5.32 Å². The number of nitrogens with one attached hydrogen (secondary N) is 1. The lowest BCUT2D eigenvalue weighted by Crippen LogP contribution is -2.36. The summed E-state index contributed by atoms with van der Waals surface area (Å²) in [5.74, 6) is -2.42.